The van der Waals surface area contributed by atoms with E-state index in [-0.39, 0.29) is 23.6 Å². The molecule has 2 aromatic rings. The van der Waals surface area contributed by atoms with Crippen LogP contribution >= 0.6 is 0 Å². The molecule has 1 fully saturated rings. The van der Waals surface area contributed by atoms with Gasteiger partial charge < -0.3 is 20.7 Å². The van der Waals surface area contributed by atoms with Crippen molar-refractivity contribution >= 4 is 29.0 Å². The van der Waals surface area contributed by atoms with E-state index >= 15 is 0 Å². The maximum Gasteiger partial charge on any atom is 0.265 e. The largest absolute Gasteiger partial charge is 0.481 e. The number of carbonyl (C=O) groups is 2. The summed E-state index contributed by atoms with van der Waals surface area (Å²) in [5.41, 5.74) is 7.59. The highest BCUT2D eigenvalue weighted by atomic mass is 16.5. The Morgan fingerprint density at radius 1 is 1.19 bits per heavy atom. The zero-order valence-corrected chi connectivity index (χ0v) is 18.1. The normalized spacial score (nSPS) is 14.9. The first kappa shape index (κ1) is 22.3. The van der Waals surface area contributed by atoms with Crippen molar-refractivity contribution in [1.82, 2.24) is 0 Å². The number of piperidine rings is 1. The van der Waals surface area contributed by atoms with Crippen LogP contribution < -0.4 is 20.7 Å². The van der Waals surface area contributed by atoms with Crippen molar-refractivity contribution in [3.05, 3.63) is 54.1 Å². The third kappa shape index (κ3) is 6.07. The average Bonchev–Trinajstić information content (AvgIpc) is 2.74. The van der Waals surface area contributed by atoms with E-state index in [0.717, 1.165) is 25.1 Å². The molecule has 1 atom stereocenters. The summed E-state index contributed by atoms with van der Waals surface area (Å²) in [6, 6.07) is 14.2. The summed E-state index contributed by atoms with van der Waals surface area (Å²) in [6.07, 6.45) is 2.37. The van der Waals surface area contributed by atoms with Crippen molar-refractivity contribution < 1.29 is 14.3 Å². The van der Waals surface area contributed by atoms with Crippen molar-refractivity contribution in [2.75, 3.05) is 16.8 Å². The Balaban J connectivity index is 1.69. The quantitative estimate of drug-likeness (QED) is 0.442. The van der Waals surface area contributed by atoms with Crippen LogP contribution in [0.4, 0.5) is 11.4 Å². The van der Waals surface area contributed by atoms with Crippen LogP contribution in [0.1, 0.15) is 45.1 Å². The lowest BCUT2D eigenvalue weighted by molar-refractivity contribution is -0.123. The number of rotatable bonds is 8. The molecule has 1 aliphatic heterocycles. The third-order valence-corrected chi connectivity index (χ3v) is 5.17. The fourth-order valence-corrected chi connectivity index (χ4v) is 3.56. The van der Waals surface area contributed by atoms with Crippen LogP contribution in [-0.4, -0.2) is 30.3 Å². The molecule has 31 heavy (non-hydrogen) atoms. The number of amidine groups is 1. The third-order valence-electron chi connectivity index (χ3n) is 5.17. The Morgan fingerprint density at radius 3 is 2.58 bits per heavy atom. The zero-order valence-electron chi connectivity index (χ0n) is 18.1. The number of nitrogens with one attached hydrogen (secondary N) is 2. The van der Waals surface area contributed by atoms with Gasteiger partial charge in [0.05, 0.1) is 0 Å². The summed E-state index contributed by atoms with van der Waals surface area (Å²) in [4.78, 5) is 26.8. The number of nitrogen functional groups attached to an aromatic ring is 1. The van der Waals surface area contributed by atoms with Gasteiger partial charge in [0.1, 0.15) is 11.6 Å². The minimum atomic E-state index is -0.689. The molecule has 0 bridgehead atoms. The molecule has 0 aliphatic carbocycles. The second-order valence-electron chi connectivity index (χ2n) is 8.22. The molecule has 4 N–H and O–H groups in total. The van der Waals surface area contributed by atoms with Gasteiger partial charge in [-0.1, -0.05) is 26.0 Å². The van der Waals surface area contributed by atoms with E-state index in [1.165, 1.54) is 0 Å². The van der Waals surface area contributed by atoms with Gasteiger partial charge in [0, 0.05) is 29.9 Å². The minimum absolute atomic E-state index is 0.0532. The van der Waals surface area contributed by atoms with Gasteiger partial charge in [-0.25, -0.2) is 0 Å². The maximum atomic E-state index is 12.9. The number of hydrogen-bond donors (Lipinski definition) is 3. The number of benzene rings is 2. The van der Waals surface area contributed by atoms with E-state index in [4.69, 9.17) is 15.9 Å². The number of carbonyl (C=O) groups excluding carboxylic acids is 2. The number of nitrogens with two attached hydrogens (primary N) is 1. The van der Waals surface area contributed by atoms with Crippen LogP contribution in [-0.2, 0) is 9.59 Å². The lowest BCUT2D eigenvalue weighted by Crippen LogP contribution is -2.35. The van der Waals surface area contributed by atoms with Gasteiger partial charge >= 0.3 is 0 Å². The predicted molar refractivity (Wildman–Crippen MR) is 123 cm³/mol. The van der Waals surface area contributed by atoms with E-state index in [0.29, 0.717) is 29.8 Å². The Kier molecular flexibility index (Phi) is 7.28. The molecule has 164 valence electrons. The minimum Gasteiger partial charge on any atom is -0.481 e. The lowest BCUT2D eigenvalue weighted by Gasteiger charge is -2.27. The van der Waals surface area contributed by atoms with Gasteiger partial charge in [-0.15, -0.1) is 0 Å². The zero-order chi connectivity index (χ0) is 22.4. The average molecular weight is 423 g/mol. The van der Waals surface area contributed by atoms with Gasteiger partial charge in [0.25, 0.3) is 5.91 Å². The molecular formula is C24H30N4O3. The number of amides is 2. The molecule has 1 unspecified atom stereocenters. The van der Waals surface area contributed by atoms with E-state index in [2.05, 4.69) is 5.32 Å². The van der Waals surface area contributed by atoms with Crippen molar-refractivity contribution in [3.8, 4) is 5.75 Å². The molecule has 0 saturated carbocycles. The van der Waals surface area contributed by atoms with Crippen molar-refractivity contribution in [1.29, 1.82) is 5.41 Å². The van der Waals surface area contributed by atoms with Crippen molar-refractivity contribution in [3.63, 3.8) is 0 Å². The van der Waals surface area contributed by atoms with Crippen molar-refractivity contribution in [2.45, 2.75) is 45.6 Å². The molecule has 3 rings (SSSR count). The molecule has 0 aromatic heterocycles. The van der Waals surface area contributed by atoms with Crippen molar-refractivity contribution in [2.24, 2.45) is 11.7 Å². The summed E-state index contributed by atoms with van der Waals surface area (Å²) in [5.74, 6) is 0.583. The monoisotopic (exact) mass is 422 g/mol. The first-order valence-corrected chi connectivity index (χ1v) is 10.7. The number of anilines is 2. The van der Waals surface area contributed by atoms with E-state index < -0.39 is 6.10 Å². The van der Waals surface area contributed by atoms with Gasteiger partial charge in [0.2, 0.25) is 5.91 Å². The lowest BCUT2D eigenvalue weighted by atomic mass is 10.0. The second-order valence-corrected chi connectivity index (χ2v) is 8.22. The standard InChI is InChI=1S/C24H30N4O3/c1-16(2)14-21(31-20-7-5-6-17(15-20)23(25)26)24(30)27-18-9-11-19(12-10-18)28-13-4-3-8-22(28)29/h5-7,9-12,15-16,21H,3-4,8,13-14H2,1-2H3,(H3,25,26)(H,27,30). The van der Waals surface area contributed by atoms with Gasteiger partial charge in [0.15, 0.2) is 6.10 Å². The molecule has 2 amide bonds. The van der Waals surface area contributed by atoms with E-state index in [1.807, 2.05) is 26.0 Å². The van der Waals surface area contributed by atoms with Crippen LogP contribution in [0.3, 0.4) is 0 Å². The fraction of sp³-hybridized carbons (Fsp3) is 0.375. The first-order chi connectivity index (χ1) is 14.8. The Hall–Kier alpha value is -3.35. The maximum absolute atomic E-state index is 12.9. The molecule has 2 aromatic carbocycles. The predicted octanol–water partition coefficient (Wildman–Crippen LogP) is 3.92. The summed E-state index contributed by atoms with van der Waals surface area (Å²) >= 11 is 0. The highest BCUT2D eigenvalue weighted by Crippen LogP contribution is 2.24. The Labute approximate surface area is 183 Å². The summed E-state index contributed by atoms with van der Waals surface area (Å²) in [6.45, 7) is 4.79. The number of nitrogens with zero attached hydrogens (tertiary/aromatic N) is 1. The topological polar surface area (TPSA) is 109 Å². The molecule has 1 aliphatic rings. The molecule has 7 heteroatoms. The summed E-state index contributed by atoms with van der Waals surface area (Å²) in [7, 11) is 0. The van der Waals surface area contributed by atoms with Crippen LogP contribution in [0.25, 0.3) is 0 Å². The van der Waals surface area contributed by atoms with Gasteiger partial charge in [-0.2, -0.15) is 0 Å². The first-order valence-electron chi connectivity index (χ1n) is 10.7. The molecule has 0 spiro atoms. The van der Waals surface area contributed by atoms with E-state index in [9.17, 15) is 9.59 Å². The fourth-order valence-electron chi connectivity index (χ4n) is 3.56. The Morgan fingerprint density at radius 2 is 1.94 bits per heavy atom. The highest BCUT2D eigenvalue weighted by molar-refractivity contribution is 5.97. The van der Waals surface area contributed by atoms with Crippen LogP contribution in [0.2, 0.25) is 0 Å². The highest BCUT2D eigenvalue weighted by Gasteiger charge is 2.23. The van der Waals surface area contributed by atoms with Gasteiger partial charge in [-0.3, -0.25) is 15.0 Å². The smallest absolute Gasteiger partial charge is 0.265 e. The summed E-state index contributed by atoms with van der Waals surface area (Å²) in [5, 5.41) is 10.5. The van der Waals surface area contributed by atoms with E-state index in [1.54, 1.807) is 41.3 Å². The van der Waals surface area contributed by atoms with Crippen LogP contribution in [0.5, 0.6) is 5.75 Å². The molecule has 0 radical (unpaired) electrons. The Bertz CT molecular complexity index is 940. The molecular weight excluding hydrogens is 392 g/mol. The van der Waals surface area contributed by atoms with Crippen LogP contribution in [0, 0.1) is 11.3 Å². The number of hydrogen-bond acceptors (Lipinski definition) is 4. The SMILES string of the molecule is CC(C)CC(Oc1cccc(C(=N)N)c1)C(=O)Nc1ccc(N2CCCCC2=O)cc1. The second kappa shape index (κ2) is 10.1. The van der Waals surface area contributed by atoms with Crippen LogP contribution in [0.15, 0.2) is 48.5 Å². The molecule has 1 heterocycles. The molecule has 1 saturated heterocycles. The van der Waals surface area contributed by atoms with Gasteiger partial charge in [-0.05, 0) is 61.6 Å². The molecule has 7 nitrogen and oxygen atoms in total. The summed E-state index contributed by atoms with van der Waals surface area (Å²) < 4.78 is 5.97. The number of ether oxygens (including phenoxy) is 1.